The largest absolute Gasteiger partial charge is 0.388 e. The lowest BCUT2D eigenvalue weighted by Crippen LogP contribution is -2.40. The van der Waals surface area contributed by atoms with Gasteiger partial charge in [-0.1, -0.05) is 24.3 Å². The molecule has 2 aromatic rings. The number of carbonyl (C=O) groups excluding carboxylic acids is 1. The van der Waals surface area contributed by atoms with Crippen LogP contribution in [-0.4, -0.2) is 44.5 Å². The van der Waals surface area contributed by atoms with E-state index in [4.69, 9.17) is 0 Å². The third kappa shape index (κ3) is 4.10. The average Bonchev–Trinajstić information content (AvgIpc) is 3.14. The molecular formula is C17H22N4O2. The van der Waals surface area contributed by atoms with Gasteiger partial charge in [-0.05, 0) is 30.5 Å². The first-order valence-corrected chi connectivity index (χ1v) is 7.82. The summed E-state index contributed by atoms with van der Waals surface area (Å²) in [5.41, 5.74) is 1.43. The second kappa shape index (κ2) is 6.42. The first-order valence-electron chi connectivity index (χ1n) is 7.82. The number of carbonyl (C=O) groups is 1. The number of nitrogens with zero attached hydrogens (tertiary/aromatic N) is 3. The van der Waals surface area contributed by atoms with Crippen molar-refractivity contribution in [2.24, 2.45) is 0 Å². The topological polar surface area (TPSA) is 70.4 Å². The van der Waals surface area contributed by atoms with Crippen LogP contribution in [0.15, 0.2) is 42.7 Å². The van der Waals surface area contributed by atoms with Gasteiger partial charge in [-0.2, -0.15) is 5.10 Å². The van der Waals surface area contributed by atoms with E-state index in [1.807, 2.05) is 35.1 Å². The number of rotatable bonds is 4. The van der Waals surface area contributed by atoms with Crippen molar-refractivity contribution in [2.75, 3.05) is 13.1 Å². The lowest BCUT2D eigenvalue weighted by Gasteiger charge is -2.19. The Kier molecular flexibility index (Phi) is 4.34. The van der Waals surface area contributed by atoms with Gasteiger partial charge in [0.25, 0.3) is 0 Å². The number of β-amino-alcohol motifs (C(OH)–C–C–N with tert-alkyl or cyclic N) is 1. The molecule has 0 radical (unpaired) electrons. The van der Waals surface area contributed by atoms with E-state index < -0.39 is 5.60 Å². The quantitative estimate of drug-likeness (QED) is 0.900. The van der Waals surface area contributed by atoms with Crippen molar-refractivity contribution in [3.63, 3.8) is 0 Å². The van der Waals surface area contributed by atoms with Crippen molar-refractivity contribution in [3.05, 3.63) is 53.9 Å². The summed E-state index contributed by atoms with van der Waals surface area (Å²) in [6, 6.07) is 9.87. The molecular weight excluding hydrogens is 292 g/mol. The Morgan fingerprint density at radius 3 is 2.91 bits per heavy atom. The fraction of sp³-hybridized carbons (Fsp3) is 0.412. The summed E-state index contributed by atoms with van der Waals surface area (Å²) in [5.74, 6) is 0. The molecule has 1 aromatic carbocycles. The normalized spacial score (nSPS) is 20.7. The van der Waals surface area contributed by atoms with Crippen molar-refractivity contribution < 1.29 is 9.90 Å². The van der Waals surface area contributed by atoms with E-state index in [9.17, 15) is 9.90 Å². The van der Waals surface area contributed by atoms with E-state index in [2.05, 4.69) is 16.5 Å². The molecule has 0 aliphatic carbocycles. The number of nitrogens with one attached hydrogen (secondary N) is 1. The van der Waals surface area contributed by atoms with Crippen LogP contribution in [0.2, 0.25) is 0 Å². The monoisotopic (exact) mass is 314 g/mol. The SMILES string of the molecule is CC1(O)CCN(C(=O)NCc2cccc(Cn3cccn3)c2)C1. The molecule has 0 saturated carbocycles. The Hall–Kier alpha value is -2.34. The van der Waals surface area contributed by atoms with Crippen LogP contribution in [-0.2, 0) is 13.1 Å². The van der Waals surface area contributed by atoms with Gasteiger partial charge < -0.3 is 15.3 Å². The fourth-order valence-corrected chi connectivity index (χ4v) is 2.83. The van der Waals surface area contributed by atoms with Gasteiger partial charge in [0, 0.05) is 25.5 Å². The first kappa shape index (κ1) is 15.6. The molecule has 1 aliphatic rings. The Balaban J connectivity index is 1.55. The van der Waals surface area contributed by atoms with Crippen molar-refractivity contribution >= 4 is 6.03 Å². The van der Waals surface area contributed by atoms with Crippen molar-refractivity contribution in [1.82, 2.24) is 20.0 Å². The number of benzene rings is 1. The second-order valence-corrected chi connectivity index (χ2v) is 6.35. The molecule has 1 saturated heterocycles. The molecule has 1 unspecified atom stereocenters. The highest BCUT2D eigenvalue weighted by molar-refractivity contribution is 5.74. The third-order valence-electron chi connectivity index (χ3n) is 4.08. The Labute approximate surface area is 135 Å². The standard InChI is InChI=1S/C17H22N4O2/c1-17(23)6-9-20(13-17)16(22)18-11-14-4-2-5-15(10-14)12-21-8-3-7-19-21/h2-5,7-8,10,23H,6,9,11-13H2,1H3,(H,18,22). The Morgan fingerprint density at radius 1 is 1.39 bits per heavy atom. The maximum atomic E-state index is 12.1. The third-order valence-corrected chi connectivity index (χ3v) is 4.08. The molecule has 0 bridgehead atoms. The van der Waals surface area contributed by atoms with Crippen LogP contribution < -0.4 is 5.32 Å². The van der Waals surface area contributed by atoms with Crippen molar-refractivity contribution in [3.8, 4) is 0 Å². The maximum Gasteiger partial charge on any atom is 0.317 e. The lowest BCUT2D eigenvalue weighted by molar-refractivity contribution is 0.0719. The molecule has 3 rings (SSSR count). The minimum Gasteiger partial charge on any atom is -0.388 e. The summed E-state index contributed by atoms with van der Waals surface area (Å²) >= 11 is 0. The predicted molar refractivity (Wildman–Crippen MR) is 86.8 cm³/mol. The van der Waals surface area contributed by atoms with Crippen LogP contribution in [0.5, 0.6) is 0 Å². The summed E-state index contributed by atoms with van der Waals surface area (Å²) in [6.45, 7) is 3.93. The highest BCUT2D eigenvalue weighted by Crippen LogP contribution is 2.20. The van der Waals surface area contributed by atoms with Gasteiger partial charge in [0.15, 0.2) is 0 Å². The number of aromatic nitrogens is 2. The number of hydrogen-bond acceptors (Lipinski definition) is 3. The summed E-state index contributed by atoms with van der Waals surface area (Å²) in [6.07, 6.45) is 4.31. The van der Waals surface area contributed by atoms with Gasteiger partial charge in [-0.25, -0.2) is 4.79 Å². The van der Waals surface area contributed by atoms with E-state index in [0.29, 0.717) is 32.6 Å². The van der Waals surface area contributed by atoms with E-state index in [1.54, 1.807) is 18.0 Å². The molecule has 1 aliphatic heterocycles. The van der Waals surface area contributed by atoms with Gasteiger partial charge in [0.05, 0.1) is 18.7 Å². The van der Waals surface area contributed by atoms with Gasteiger partial charge in [-0.3, -0.25) is 4.68 Å². The van der Waals surface area contributed by atoms with Gasteiger partial charge in [-0.15, -0.1) is 0 Å². The van der Waals surface area contributed by atoms with Gasteiger partial charge in [0.1, 0.15) is 0 Å². The van der Waals surface area contributed by atoms with Crippen LogP contribution in [0.1, 0.15) is 24.5 Å². The van der Waals surface area contributed by atoms with E-state index in [1.165, 1.54) is 0 Å². The zero-order valence-electron chi connectivity index (χ0n) is 13.3. The Bertz CT molecular complexity index is 667. The molecule has 6 nitrogen and oxygen atoms in total. The molecule has 23 heavy (non-hydrogen) atoms. The summed E-state index contributed by atoms with van der Waals surface area (Å²) in [4.78, 5) is 13.8. The smallest absolute Gasteiger partial charge is 0.317 e. The molecule has 6 heteroatoms. The molecule has 0 spiro atoms. The van der Waals surface area contributed by atoms with Crippen LogP contribution in [0, 0.1) is 0 Å². The number of likely N-dealkylation sites (tertiary alicyclic amines) is 1. The molecule has 2 heterocycles. The molecule has 1 aromatic heterocycles. The first-order chi connectivity index (χ1) is 11.0. The van der Waals surface area contributed by atoms with Gasteiger partial charge >= 0.3 is 6.03 Å². The number of urea groups is 1. The van der Waals surface area contributed by atoms with Crippen LogP contribution in [0.25, 0.3) is 0 Å². The highest BCUT2D eigenvalue weighted by atomic mass is 16.3. The number of hydrogen-bond donors (Lipinski definition) is 2. The zero-order valence-corrected chi connectivity index (χ0v) is 13.3. The molecule has 1 fully saturated rings. The Morgan fingerprint density at radius 2 is 2.22 bits per heavy atom. The van der Waals surface area contributed by atoms with Crippen LogP contribution in [0.4, 0.5) is 4.79 Å². The summed E-state index contributed by atoms with van der Waals surface area (Å²) in [7, 11) is 0. The van der Waals surface area contributed by atoms with Crippen LogP contribution in [0.3, 0.4) is 0 Å². The molecule has 2 amide bonds. The van der Waals surface area contributed by atoms with Crippen molar-refractivity contribution in [2.45, 2.75) is 32.0 Å². The molecule has 1 atom stereocenters. The predicted octanol–water partition coefficient (Wildman–Crippen LogP) is 1.60. The highest BCUT2D eigenvalue weighted by Gasteiger charge is 2.33. The van der Waals surface area contributed by atoms with Crippen LogP contribution >= 0.6 is 0 Å². The van der Waals surface area contributed by atoms with E-state index >= 15 is 0 Å². The minimum atomic E-state index is -0.763. The second-order valence-electron chi connectivity index (χ2n) is 6.35. The van der Waals surface area contributed by atoms with E-state index in [-0.39, 0.29) is 6.03 Å². The number of amides is 2. The lowest BCUT2D eigenvalue weighted by atomic mass is 10.1. The average molecular weight is 314 g/mol. The van der Waals surface area contributed by atoms with Gasteiger partial charge in [0.2, 0.25) is 0 Å². The van der Waals surface area contributed by atoms with Crippen molar-refractivity contribution in [1.29, 1.82) is 0 Å². The maximum absolute atomic E-state index is 12.1. The number of aliphatic hydroxyl groups is 1. The fourth-order valence-electron chi connectivity index (χ4n) is 2.83. The molecule has 2 N–H and O–H groups in total. The molecule has 122 valence electrons. The minimum absolute atomic E-state index is 0.125. The zero-order chi connectivity index (χ0) is 16.3. The summed E-state index contributed by atoms with van der Waals surface area (Å²) < 4.78 is 1.87. The van der Waals surface area contributed by atoms with E-state index in [0.717, 1.165) is 11.1 Å². The summed E-state index contributed by atoms with van der Waals surface area (Å²) in [5, 5.41) is 17.0.